The summed E-state index contributed by atoms with van der Waals surface area (Å²) in [4.78, 5) is 32.7. The number of imidazole rings is 1. The number of aromatic amines is 1. The summed E-state index contributed by atoms with van der Waals surface area (Å²) in [5, 5.41) is 3.11. The van der Waals surface area contributed by atoms with Crippen molar-refractivity contribution in [1.82, 2.24) is 15.3 Å². The van der Waals surface area contributed by atoms with Gasteiger partial charge < -0.3 is 10.3 Å². The summed E-state index contributed by atoms with van der Waals surface area (Å²) in [6.07, 6.45) is 1.97. The van der Waals surface area contributed by atoms with Crippen molar-refractivity contribution in [3.05, 3.63) is 101 Å². The summed E-state index contributed by atoms with van der Waals surface area (Å²) in [5.74, 6) is -0.177. The number of nitrogens with one attached hydrogen (secondary N) is 2. The molecule has 1 heterocycles. The van der Waals surface area contributed by atoms with Gasteiger partial charge in [-0.3, -0.25) is 9.59 Å². The molecule has 0 saturated carbocycles. The van der Waals surface area contributed by atoms with Crippen LogP contribution in [0.25, 0.3) is 11.0 Å². The van der Waals surface area contributed by atoms with E-state index < -0.39 is 0 Å². The Hall–Kier alpha value is -3.73. The molecule has 4 aromatic rings. The first-order valence-electron chi connectivity index (χ1n) is 10.4. The molecule has 1 unspecified atom stereocenters. The van der Waals surface area contributed by atoms with E-state index in [1.807, 2.05) is 80.6 Å². The predicted molar refractivity (Wildman–Crippen MR) is 122 cm³/mol. The second-order valence-electron chi connectivity index (χ2n) is 7.81. The fourth-order valence-corrected chi connectivity index (χ4v) is 3.66. The zero-order valence-electron chi connectivity index (χ0n) is 17.7. The molecule has 5 nitrogen and oxygen atoms in total. The van der Waals surface area contributed by atoms with Crippen LogP contribution in [-0.4, -0.2) is 21.7 Å². The number of Topliss-reactive ketones (excluding diaryl/α,β-unsaturated/α-hetero) is 1. The smallest absolute Gasteiger partial charge is 0.221 e. The maximum atomic E-state index is 12.8. The number of benzene rings is 3. The molecule has 4 rings (SSSR count). The van der Waals surface area contributed by atoms with Gasteiger partial charge in [0.1, 0.15) is 0 Å². The van der Waals surface area contributed by atoms with Gasteiger partial charge in [-0.25, -0.2) is 4.98 Å². The average Bonchev–Trinajstić information content (AvgIpc) is 3.26. The third kappa shape index (κ3) is 4.72. The number of carbonyl (C=O) groups is 2. The summed E-state index contributed by atoms with van der Waals surface area (Å²) in [6, 6.07) is 21.1. The monoisotopic (exact) mass is 411 g/mol. The molecular weight excluding hydrogens is 386 g/mol. The van der Waals surface area contributed by atoms with Gasteiger partial charge in [0, 0.05) is 18.4 Å². The van der Waals surface area contributed by atoms with E-state index in [0.717, 1.165) is 33.3 Å². The van der Waals surface area contributed by atoms with E-state index in [0.29, 0.717) is 5.56 Å². The van der Waals surface area contributed by atoms with E-state index in [1.54, 1.807) is 6.33 Å². The zero-order valence-corrected chi connectivity index (χ0v) is 17.7. The minimum Gasteiger partial charge on any atom is -0.345 e. The second-order valence-corrected chi connectivity index (χ2v) is 7.81. The number of fused-ring (bicyclic) bond motifs is 1. The lowest BCUT2D eigenvalue weighted by molar-refractivity contribution is -0.121. The molecule has 1 aromatic heterocycles. The minimum atomic E-state index is -0.307. The summed E-state index contributed by atoms with van der Waals surface area (Å²) < 4.78 is 0. The molecule has 1 atom stereocenters. The first-order chi connectivity index (χ1) is 15.0. The molecule has 2 N–H and O–H groups in total. The molecule has 0 saturated heterocycles. The van der Waals surface area contributed by atoms with Gasteiger partial charge in [0.25, 0.3) is 0 Å². The van der Waals surface area contributed by atoms with Crippen molar-refractivity contribution in [2.24, 2.45) is 0 Å². The molecule has 31 heavy (non-hydrogen) atoms. The highest BCUT2D eigenvalue weighted by molar-refractivity contribution is 5.98. The fraction of sp³-hybridized carbons (Fsp3) is 0.192. The molecule has 0 bridgehead atoms. The Kier molecular flexibility index (Phi) is 5.94. The van der Waals surface area contributed by atoms with Crippen molar-refractivity contribution in [2.45, 2.75) is 32.7 Å². The number of amides is 1. The van der Waals surface area contributed by atoms with E-state index in [9.17, 15) is 9.59 Å². The third-order valence-corrected chi connectivity index (χ3v) is 5.62. The lowest BCUT2D eigenvalue weighted by Gasteiger charge is -2.20. The fourth-order valence-electron chi connectivity index (χ4n) is 3.66. The van der Waals surface area contributed by atoms with Gasteiger partial charge in [-0.15, -0.1) is 0 Å². The van der Waals surface area contributed by atoms with Gasteiger partial charge in [-0.2, -0.15) is 0 Å². The van der Waals surface area contributed by atoms with Crippen LogP contribution >= 0.6 is 0 Å². The first-order valence-corrected chi connectivity index (χ1v) is 10.4. The molecule has 0 aliphatic carbocycles. The third-order valence-electron chi connectivity index (χ3n) is 5.62. The van der Waals surface area contributed by atoms with Crippen molar-refractivity contribution in [3.8, 4) is 0 Å². The largest absolute Gasteiger partial charge is 0.345 e. The second kappa shape index (κ2) is 8.96. The Morgan fingerprint density at radius 2 is 1.71 bits per heavy atom. The van der Waals surface area contributed by atoms with E-state index in [4.69, 9.17) is 0 Å². The molecule has 0 fully saturated rings. The molecule has 5 heteroatoms. The number of aromatic nitrogens is 2. The van der Waals surface area contributed by atoms with E-state index in [2.05, 4.69) is 15.3 Å². The summed E-state index contributed by atoms with van der Waals surface area (Å²) in [7, 11) is 0. The van der Waals surface area contributed by atoms with Gasteiger partial charge in [0.2, 0.25) is 5.91 Å². The number of H-pyrrole nitrogens is 1. The van der Waals surface area contributed by atoms with E-state index in [-0.39, 0.29) is 30.6 Å². The van der Waals surface area contributed by atoms with Crippen LogP contribution in [-0.2, 0) is 4.79 Å². The van der Waals surface area contributed by atoms with Crippen molar-refractivity contribution in [2.75, 3.05) is 0 Å². The average molecular weight is 412 g/mol. The Balaban J connectivity index is 1.49. The number of hydrogen-bond acceptors (Lipinski definition) is 3. The SMILES string of the molecule is Cc1ccc(C(=O)CCC(=O)NC(c2ccccc2)c2ccc3nc[nH]c3c2)cc1C. The van der Waals surface area contributed by atoms with Crippen LogP contribution in [0.5, 0.6) is 0 Å². The molecule has 0 aliphatic rings. The molecule has 0 aliphatic heterocycles. The number of carbonyl (C=O) groups excluding carboxylic acids is 2. The Morgan fingerprint density at radius 1 is 0.903 bits per heavy atom. The van der Waals surface area contributed by atoms with Crippen LogP contribution in [0.2, 0.25) is 0 Å². The quantitative estimate of drug-likeness (QED) is 0.418. The first kappa shape index (κ1) is 20.5. The topological polar surface area (TPSA) is 74.8 Å². The Bertz CT molecular complexity index is 1230. The van der Waals surface area contributed by atoms with E-state index in [1.165, 1.54) is 0 Å². The molecular formula is C26H25N3O2. The molecule has 0 spiro atoms. The number of hydrogen-bond donors (Lipinski definition) is 2. The van der Waals surface area contributed by atoms with Gasteiger partial charge in [-0.05, 0) is 54.3 Å². The zero-order chi connectivity index (χ0) is 21.8. The predicted octanol–water partition coefficient (Wildman–Crippen LogP) is 5.05. The highest BCUT2D eigenvalue weighted by Gasteiger charge is 2.18. The molecule has 1 amide bonds. The minimum absolute atomic E-state index is 0.0200. The van der Waals surface area contributed by atoms with Gasteiger partial charge in [-0.1, -0.05) is 48.5 Å². The van der Waals surface area contributed by atoms with Crippen LogP contribution in [0.4, 0.5) is 0 Å². The number of ketones is 1. The molecule has 0 radical (unpaired) electrons. The highest BCUT2D eigenvalue weighted by atomic mass is 16.2. The van der Waals surface area contributed by atoms with Gasteiger partial charge in [0.05, 0.1) is 23.4 Å². The van der Waals surface area contributed by atoms with Crippen LogP contribution in [0.15, 0.2) is 73.1 Å². The van der Waals surface area contributed by atoms with Crippen molar-refractivity contribution < 1.29 is 9.59 Å². The lowest BCUT2D eigenvalue weighted by Crippen LogP contribution is -2.29. The number of nitrogens with zero attached hydrogens (tertiary/aromatic N) is 1. The van der Waals surface area contributed by atoms with Crippen LogP contribution in [0.3, 0.4) is 0 Å². The summed E-state index contributed by atoms with van der Waals surface area (Å²) in [5.41, 5.74) is 6.61. The van der Waals surface area contributed by atoms with E-state index >= 15 is 0 Å². The molecule has 156 valence electrons. The van der Waals surface area contributed by atoms with Crippen molar-refractivity contribution >= 4 is 22.7 Å². The summed E-state index contributed by atoms with van der Waals surface area (Å²) in [6.45, 7) is 4.00. The van der Waals surface area contributed by atoms with Gasteiger partial charge >= 0.3 is 0 Å². The Labute approximate surface area is 181 Å². The number of aryl methyl sites for hydroxylation is 2. The van der Waals surface area contributed by atoms with Gasteiger partial charge in [0.15, 0.2) is 5.78 Å². The van der Waals surface area contributed by atoms with Crippen molar-refractivity contribution in [1.29, 1.82) is 0 Å². The highest BCUT2D eigenvalue weighted by Crippen LogP contribution is 2.25. The normalized spacial score (nSPS) is 11.9. The van der Waals surface area contributed by atoms with Crippen molar-refractivity contribution in [3.63, 3.8) is 0 Å². The maximum Gasteiger partial charge on any atom is 0.221 e. The lowest BCUT2D eigenvalue weighted by atomic mass is 9.97. The van der Waals surface area contributed by atoms with Crippen LogP contribution in [0.1, 0.15) is 51.5 Å². The Morgan fingerprint density at radius 3 is 2.48 bits per heavy atom. The summed E-state index contributed by atoms with van der Waals surface area (Å²) >= 11 is 0. The van der Waals surface area contributed by atoms with Crippen LogP contribution in [0, 0.1) is 13.8 Å². The van der Waals surface area contributed by atoms with Crippen LogP contribution < -0.4 is 5.32 Å². The standard InChI is InChI=1S/C26H25N3O2/c1-17-8-9-20(14-18(17)2)24(30)12-13-25(31)29-26(19-6-4-3-5-7-19)21-10-11-22-23(15-21)28-16-27-22/h3-11,14-16,26H,12-13H2,1-2H3,(H,27,28)(H,29,31). The number of rotatable bonds is 7. The molecule has 3 aromatic carbocycles. The maximum absolute atomic E-state index is 12.8.